The molecule has 0 aromatic carbocycles. The molecule has 0 amide bonds. The van der Waals surface area contributed by atoms with Gasteiger partial charge in [-0.05, 0) is 6.42 Å². The van der Waals surface area contributed by atoms with E-state index in [0.717, 1.165) is 6.42 Å². The fourth-order valence-electron chi connectivity index (χ4n) is 1.53. The first-order valence-electron chi connectivity index (χ1n) is 4.18. The molecular formula is C8H12O4. The van der Waals surface area contributed by atoms with Crippen LogP contribution in [0.5, 0.6) is 0 Å². The molecule has 2 rings (SSSR count). The lowest BCUT2D eigenvalue weighted by molar-refractivity contribution is -0.205. The van der Waals surface area contributed by atoms with Crippen molar-refractivity contribution in [1.82, 2.24) is 0 Å². The Labute approximate surface area is 70.8 Å². The van der Waals surface area contributed by atoms with Crippen LogP contribution >= 0.6 is 0 Å². The Morgan fingerprint density at radius 1 is 1.25 bits per heavy atom. The van der Waals surface area contributed by atoms with Gasteiger partial charge in [-0.15, -0.1) is 0 Å². The van der Waals surface area contributed by atoms with E-state index in [-0.39, 0.29) is 11.6 Å². The summed E-state index contributed by atoms with van der Waals surface area (Å²) in [5.41, 5.74) is -0.327. The topological polar surface area (TPSA) is 44.8 Å². The van der Waals surface area contributed by atoms with Crippen molar-refractivity contribution in [1.29, 1.82) is 0 Å². The maximum atomic E-state index is 10.8. The second-order valence-electron chi connectivity index (χ2n) is 3.24. The van der Waals surface area contributed by atoms with Crippen LogP contribution in [0.1, 0.15) is 12.8 Å². The lowest BCUT2D eigenvalue weighted by atomic mass is 9.96. The third kappa shape index (κ3) is 1.44. The second kappa shape index (κ2) is 3.03. The molecule has 2 aliphatic heterocycles. The number of carbonyl (C=O) groups is 1. The minimum atomic E-state index is -0.327. The first kappa shape index (κ1) is 8.01. The fraction of sp³-hybridized carbons (Fsp3) is 0.875. The molecule has 2 saturated heterocycles. The maximum Gasteiger partial charge on any atom is 0.306 e. The third-order valence-corrected chi connectivity index (χ3v) is 2.28. The van der Waals surface area contributed by atoms with Crippen LogP contribution in [0.3, 0.4) is 0 Å². The molecule has 12 heavy (non-hydrogen) atoms. The van der Waals surface area contributed by atoms with Gasteiger partial charge < -0.3 is 14.2 Å². The lowest BCUT2D eigenvalue weighted by Gasteiger charge is -2.38. The highest BCUT2D eigenvalue weighted by Crippen LogP contribution is 2.26. The third-order valence-electron chi connectivity index (χ3n) is 2.28. The van der Waals surface area contributed by atoms with Crippen molar-refractivity contribution in [3.05, 3.63) is 0 Å². The lowest BCUT2D eigenvalue weighted by Crippen LogP contribution is -2.50. The van der Waals surface area contributed by atoms with E-state index in [4.69, 9.17) is 14.2 Å². The van der Waals surface area contributed by atoms with Crippen LogP contribution in [0.2, 0.25) is 0 Å². The van der Waals surface area contributed by atoms with Crippen molar-refractivity contribution in [3.63, 3.8) is 0 Å². The number of esters is 1. The number of ether oxygens (including phenoxy) is 3. The summed E-state index contributed by atoms with van der Waals surface area (Å²) in [5, 5.41) is 0. The Kier molecular flexibility index (Phi) is 2.02. The predicted molar refractivity (Wildman–Crippen MR) is 39.7 cm³/mol. The smallest absolute Gasteiger partial charge is 0.306 e. The molecule has 4 heteroatoms. The molecule has 1 atom stereocenters. The fourth-order valence-corrected chi connectivity index (χ4v) is 1.53. The van der Waals surface area contributed by atoms with Gasteiger partial charge in [-0.1, -0.05) is 0 Å². The van der Waals surface area contributed by atoms with Gasteiger partial charge >= 0.3 is 5.97 Å². The Bertz CT molecular complexity index is 171. The van der Waals surface area contributed by atoms with Crippen LogP contribution in [0.4, 0.5) is 0 Å². The molecule has 0 aromatic rings. The summed E-state index contributed by atoms with van der Waals surface area (Å²) < 4.78 is 15.8. The molecule has 0 aliphatic carbocycles. The normalized spacial score (nSPS) is 36.5. The minimum Gasteiger partial charge on any atom is -0.463 e. The van der Waals surface area contributed by atoms with E-state index in [1.54, 1.807) is 0 Å². The minimum absolute atomic E-state index is 0.130. The molecule has 2 heterocycles. The van der Waals surface area contributed by atoms with E-state index in [0.29, 0.717) is 32.8 Å². The average molecular weight is 172 g/mol. The van der Waals surface area contributed by atoms with Gasteiger partial charge in [0.1, 0.15) is 12.2 Å². The van der Waals surface area contributed by atoms with E-state index in [1.807, 2.05) is 0 Å². The maximum absolute atomic E-state index is 10.8. The number of carbonyl (C=O) groups excluding carboxylic acids is 1. The Hall–Kier alpha value is -0.610. The van der Waals surface area contributed by atoms with Gasteiger partial charge in [-0.2, -0.15) is 0 Å². The summed E-state index contributed by atoms with van der Waals surface area (Å²) in [5.74, 6) is -0.130. The van der Waals surface area contributed by atoms with Crippen LogP contribution in [0.25, 0.3) is 0 Å². The highest BCUT2D eigenvalue weighted by Gasteiger charge is 2.39. The van der Waals surface area contributed by atoms with Crippen LogP contribution < -0.4 is 0 Å². The van der Waals surface area contributed by atoms with Crippen molar-refractivity contribution in [3.8, 4) is 0 Å². The summed E-state index contributed by atoms with van der Waals surface area (Å²) in [6, 6.07) is 0. The van der Waals surface area contributed by atoms with E-state index in [1.165, 1.54) is 0 Å². The summed E-state index contributed by atoms with van der Waals surface area (Å²) in [7, 11) is 0. The standard InChI is InChI=1S/C8H12O4/c9-7-1-2-8(6-11-7)5-10-3-4-12-8/h1-6H2. The van der Waals surface area contributed by atoms with Crippen LogP contribution in [0, 0.1) is 0 Å². The van der Waals surface area contributed by atoms with E-state index in [2.05, 4.69) is 0 Å². The van der Waals surface area contributed by atoms with E-state index < -0.39 is 0 Å². The van der Waals surface area contributed by atoms with Crippen molar-refractivity contribution in [2.45, 2.75) is 18.4 Å². The van der Waals surface area contributed by atoms with Gasteiger partial charge in [-0.25, -0.2) is 0 Å². The van der Waals surface area contributed by atoms with Gasteiger partial charge in [0, 0.05) is 6.42 Å². The number of cyclic esters (lactones) is 1. The summed E-state index contributed by atoms with van der Waals surface area (Å²) >= 11 is 0. The van der Waals surface area contributed by atoms with Gasteiger partial charge in [0.2, 0.25) is 0 Å². The van der Waals surface area contributed by atoms with E-state index >= 15 is 0 Å². The van der Waals surface area contributed by atoms with Crippen molar-refractivity contribution in [2.24, 2.45) is 0 Å². The molecule has 2 fully saturated rings. The summed E-state index contributed by atoms with van der Waals surface area (Å²) in [4.78, 5) is 10.8. The molecule has 68 valence electrons. The highest BCUT2D eigenvalue weighted by molar-refractivity contribution is 5.70. The van der Waals surface area contributed by atoms with Crippen molar-refractivity contribution in [2.75, 3.05) is 26.4 Å². The second-order valence-corrected chi connectivity index (χ2v) is 3.24. The molecule has 1 unspecified atom stereocenters. The van der Waals surface area contributed by atoms with E-state index in [9.17, 15) is 4.79 Å². The first-order chi connectivity index (χ1) is 5.81. The van der Waals surface area contributed by atoms with Crippen LogP contribution in [-0.4, -0.2) is 38.0 Å². The highest BCUT2D eigenvalue weighted by atomic mass is 16.6. The molecule has 2 aliphatic rings. The molecule has 0 saturated carbocycles. The molecular weight excluding hydrogens is 160 g/mol. The van der Waals surface area contributed by atoms with Crippen LogP contribution in [0.15, 0.2) is 0 Å². The summed E-state index contributed by atoms with van der Waals surface area (Å²) in [6.45, 7) is 2.17. The molecule has 4 nitrogen and oxygen atoms in total. The molecule has 1 spiro atoms. The zero-order chi connectivity index (χ0) is 8.44. The molecule has 0 N–H and O–H groups in total. The van der Waals surface area contributed by atoms with Crippen molar-refractivity contribution >= 4 is 5.97 Å². The molecule has 0 bridgehead atoms. The van der Waals surface area contributed by atoms with Crippen LogP contribution in [-0.2, 0) is 19.0 Å². The first-order valence-corrected chi connectivity index (χ1v) is 4.18. The van der Waals surface area contributed by atoms with Gasteiger partial charge in [0.15, 0.2) is 0 Å². The van der Waals surface area contributed by atoms with Crippen molar-refractivity contribution < 1.29 is 19.0 Å². The van der Waals surface area contributed by atoms with Gasteiger partial charge in [-0.3, -0.25) is 4.79 Å². The SMILES string of the molecule is O=C1CCC2(COCCO2)CO1. The Balaban J connectivity index is 1.96. The zero-order valence-electron chi connectivity index (χ0n) is 6.88. The number of rotatable bonds is 0. The Morgan fingerprint density at radius 3 is 2.75 bits per heavy atom. The molecule has 0 radical (unpaired) electrons. The Morgan fingerprint density at radius 2 is 2.17 bits per heavy atom. The zero-order valence-corrected chi connectivity index (χ0v) is 6.88. The summed E-state index contributed by atoms with van der Waals surface area (Å²) in [6.07, 6.45) is 1.18. The van der Waals surface area contributed by atoms with Gasteiger partial charge in [0.25, 0.3) is 0 Å². The molecule has 0 aromatic heterocycles. The largest absolute Gasteiger partial charge is 0.463 e. The van der Waals surface area contributed by atoms with Gasteiger partial charge in [0.05, 0.1) is 19.8 Å². The predicted octanol–water partition coefficient (Wildman–Crippen LogP) is 0.109. The number of hydrogen-bond acceptors (Lipinski definition) is 4. The quantitative estimate of drug-likeness (QED) is 0.486. The number of hydrogen-bond donors (Lipinski definition) is 0. The average Bonchev–Trinajstić information content (AvgIpc) is 2.13. The monoisotopic (exact) mass is 172 g/mol.